The molecule has 1 aliphatic rings. The molecule has 0 aliphatic carbocycles. The van der Waals surface area contributed by atoms with Crippen LogP contribution in [0.15, 0.2) is 24.3 Å². The molecule has 1 aliphatic heterocycles. The Kier molecular flexibility index (Phi) is 4.37. The van der Waals surface area contributed by atoms with E-state index >= 15 is 0 Å². The number of aryl methyl sites for hydroxylation is 1. The van der Waals surface area contributed by atoms with E-state index in [9.17, 15) is 4.79 Å². The number of benzene rings is 1. The van der Waals surface area contributed by atoms with Gasteiger partial charge in [0.15, 0.2) is 0 Å². The fourth-order valence-electron chi connectivity index (χ4n) is 2.47. The lowest BCUT2D eigenvalue weighted by Gasteiger charge is -2.21. The van der Waals surface area contributed by atoms with Gasteiger partial charge in [0.25, 0.3) is 0 Å². The molecule has 0 radical (unpaired) electrons. The van der Waals surface area contributed by atoms with E-state index < -0.39 is 0 Å². The first kappa shape index (κ1) is 13.1. The zero-order valence-corrected chi connectivity index (χ0v) is 11.3. The van der Waals surface area contributed by atoms with Gasteiger partial charge in [-0.1, -0.05) is 24.3 Å². The molecule has 1 N–H and O–H groups in total. The molecule has 1 amide bonds. The Morgan fingerprint density at radius 2 is 2.22 bits per heavy atom. The molecule has 0 spiro atoms. The summed E-state index contributed by atoms with van der Waals surface area (Å²) in [5.41, 5.74) is 2.33. The summed E-state index contributed by atoms with van der Waals surface area (Å²) in [6.45, 7) is 5.06. The Balaban J connectivity index is 1.89. The Morgan fingerprint density at radius 3 is 2.89 bits per heavy atom. The van der Waals surface area contributed by atoms with Gasteiger partial charge >= 0.3 is 0 Å². The lowest BCUT2D eigenvalue weighted by atomic mass is 10.0. The predicted molar refractivity (Wildman–Crippen MR) is 73.5 cm³/mol. The maximum atomic E-state index is 12.2. The van der Waals surface area contributed by atoms with Crippen molar-refractivity contribution < 1.29 is 4.79 Å². The Hall–Kier alpha value is -1.35. The zero-order valence-electron chi connectivity index (χ0n) is 11.3. The number of carbonyl (C=O) groups is 1. The summed E-state index contributed by atoms with van der Waals surface area (Å²) in [6.07, 6.45) is 1.70. The molecule has 1 fully saturated rings. The minimum atomic E-state index is 0.219. The van der Waals surface area contributed by atoms with E-state index in [0.717, 1.165) is 25.2 Å². The summed E-state index contributed by atoms with van der Waals surface area (Å²) in [6, 6.07) is 8.11. The summed E-state index contributed by atoms with van der Waals surface area (Å²) in [5.74, 6) is 0.840. The van der Waals surface area contributed by atoms with E-state index in [1.807, 2.05) is 30.1 Å². The molecule has 0 saturated carbocycles. The third-order valence-corrected chi connectivity index (χ3v) is 3.72. The van der Waals surface area contributed by atoms with Gasteiger partial charge in [-0.2, -0.15) is 0 Å². The highest BCUT2D eigenvalue weighted by molar-refractivity contribution is 5.78. The zero-order chi connectivity index (χ0) is 13.0. The first-order valence-corrected chi connectivity index (χ1v) is 6.66. The third-order valence-electron chi connectivity index (χ3n) is 3.72. The molecule has 2 rings (SSSR count). The number of carbonyl (C=O) groups excluding carboxylic acids is 1. The van der Waals surface area contributed by atoms with Gasteiger partial charge < -0.3 is 10.2 Å². The van der Waals surface area contributed by atoms with Crippen molar-refractivity contribution in [3.8, 4) is 0 Å². The van der Waals surface area contributed by atoms with Gasteiger partial charge in [-0.05, 0) is 43.5 Å². The fraction of sp³-hybridized carbons (Fsp3) is 0.533. The van der Waals surface area contributed by atoms with Crippen LogP contribution in [0.4, 0.5) is 0 Å². The molecule has 1 heterocycles. The first-order chi connectivity index (χ1) is 8.66. The van der Waals surface area contributed by atoms with Crippen LogP contribution in [-0.2, 0) is 11.2 Å². The van der Waals surface area contributed by atoms with Crippen LogP contribution in [-0.4, -0.2) is 37.5 Å². The van der Waals surface area contributed by atoms with Crippen molar-refractivity contribution in [3.63, 3.8) is 0 Å². The molecule has 1 aromatic rings. The Morgan fingerprint density at radius 1 is 1.44 bits per heavy atom. The molecule has 3 nitrogen and oxygen atoms in total. The molecule has 1 unspecified atom stereocenters. The summed E-state index contributed by atoms with van der Waals surface area (Å²) >= 11 is 0. The van der Waals surface area contributed by atoms with Gasteiger partial charge in [-0.25, -0.2) is 0 Å². The summed E-state index contributed by atoms with van der Waals surface area (Å²) in [7, 11) is 1.92. The number of nitrogens with one attached hydrogen (secondary N) is 1. The van der Waals surface area contributed by atoms with Gasteiger partial charge in [0.1, 0.15) is 0 Å². The molecule has 18 heavy (non-hydrogen) atoms. The molecular weight excluding hydrogens is 224 g/mol. The van der Waals surface area contributed by atoms with E-state index in [-0.39, 0.29) is 5.91 Å². The van der Waals surface area contributed by atoms with Gasteiger partial charge in [-0.3, -0.25) is 4.79 Å². The fourth-order valence-corrected chi connectivity index (χ4v) is 2.47. The maximum absolute atomic E-state index is 12.2. The molecule has 1 saturated heterocycles. The van der Waals surface area contributed by atoms with Crippen molar-refractivity contribution >= 4 is 5.91 Å². The second kappa shape index (κ2) is 6.01. The highest BCUT2D eigenvalue weighted by Gasteiger charge is 2.19. The van der Waals surface area contributed by atoms with Gasteiger partial charge in [0.05, 0.1) is 6.42 Å². The van der Waals surface area contributed by atoms with Gasteiger partial charge in [0, 0.05) is 13.6 Å². The minimum Gasteiger partial charge on any atom is -0.345 e. The van der Waals surface area contributed by atoms with Crippen LogP contribution in [0.3, 0.4) is 0 Å². The number of likely N-dealkylation sites (N-methyl/N-ethyl adjacent to an activating group) is 1. The van der Waals surface area contributed by atoms with E-state index in [2.05, 4.69) is 18.3 Å². The molecule has 1 atom stereocenters. The Labute approximate surface area is 109 Å². The standard InChI is InChI=1S/C15H22N2O/c1-12-5-3-4-6-14(12)9-15(18)17(2)11-13-7-8-16-10-13/h3-6,13,16H,7-11H2,1-2H3. The van der Waals surface area contributed by atoms with Crippen LogP contribution in [0.5, 0.6) is 0 Å². The third kappa shape index (κ3) is 3.33. The second-order valence-corrected chi connectivity index (χ2v) is 5.24. The van der Waals surface area contributed by atoms with Crippen LogP contribution < -0.4 is 5.32 Å². The van der Waals surface area contributed by atoms with Crippen molar-refractivity contribution in [2.75, 3.05) is 26.7 Å². The van der Waals surface area contributed by atoms with Crippen LogP contribution in [0.25, 0.3) is 0 Å². The van der Waals surface area contributed by atoms with Crippen LogP contribution in [0.2, 0.25) is 0 Å². The second-order valence-electron chi connectivity index (χ2n) is 5.24. The Bertz CT molecular complexity index is 411. The number of hydrogen-bond acceptors (Lipinski definition) is 2. The number of amides is 1. The molecule has 3 heteroatoms. The predicted octanol–water partition coefficient (Wildman–Crippen LogP) is 1.61. The average molecular weight is 246 g/mol. The van der Waals surface area contributed by atoms with E-state index in [0.29, 0.717) is 12.3 Å². The van der Waals surface area contributed by atoms with Gasteiger partial charge in [0.2, 0.25) is 5.91 Å². The van der Waals surface area contributed by atoms with E-state index in [1.54, 1.807) is 0 Å². The largest absolute Gasteiger partial charge is 0.345 e. The maximum Gasteiger partial charge on any atom is 0.226 e. The quantitative estimate of drug-likeness (QED) is 0.875. The van der Waals surface area contributed by atoms with Crippen LogP contribution >= 0.6 is 0 Å². The SMILES string of the molecule is Cc1ccccc1CC(=O)N(C)CC1CCNC1. The van der Waals surface area contributed by atoms with Crippen molar-refractivity contribution in [1.82, 2.24) is 10.2 Å². The lowest BCUT2D eigenvalue weighted by molar-refractivity contribution is -0.129. The van der Waals surface area contributed by atoms with Gasteiger partial charge in [-0.15, -0.1) is 0 Å². The number of hydrogen-bond donors (Lipinski definition) is 1. The van der Waals surface area contributed by atoms with E-state index in [4.69, 9.17) is 0 Å². The monoisotopic (exact) mass is 246 g/mol. The molecular formula is C15H22N2O. The van der Waals surface area contributed by atoms with Crippen molar-refractivity contribution in [2.24, 2.45) is 5.92 Å². The highest BCUT2D eigenvalue weighted by Crippen LogP contribution is 2.12. The molecule has 1 aromatic carbocycles. The van der Waals surface area contributed by atoms with Crippen molar-refractivity contribution in [3.05, 3.63) is 35.4 Å². The minimum absolute atomic E-state index is 0.219. The molecule has 0 aromatic heterocycles. The highest BCUT2D eigenvalue weighted by atomic mass is 16.2. The summed E-state index contributed by atoms with van der Waals surface area (Å²) in [5, 5.41) is 3.34. The van der Waals surface area contributed by atoms with Crippen LogP contribution in [0, 0.1) is 12.8 Å². The smallest absolute Gasteiger partial charge is 0.226 e. The topological polar surface area (TPSA) is 32.3 Å². The molecule has 0 bridgehead atoms. The van der Waals surface area contributed by atoms with Crippen molar-refractivity contribution in [1.29, 1.82) is 0 Å². The average Bonchev–Trinajstić information content (AvgIpc) is 2.84. The van der Waals surface area contributed by atoms with E-state index in [1.165, 1.54) is 12.0 Å². The normalized spacial score (nSPS) is 18.9. The first-order valence-electron chi connectivity index (χ1n) is 6.66. The number of nitrogens with zero attached hydrogens (tertiary/aromatic N) is 1. The van der Waals surface area contributed by atoms with Crippen molar-refractivity contribution in [2.45, 2.75) is 19.8 Å². The number of rotatable bonds is 4. The molecule has 98 valence electrons. The van der Waals surface area contributed by atoms with Crippen LogP contribution in [0.1, 0.15) is 17.5 Å². The summed E-state index contributed by atoms with van der Waals surface area (Å²) in [4.78, 5) is 14.0. The lowest BCUT2D eigenvalue weighted by Crippen LogP contribution is -2.33. The summed E-state index contributed by atoms with van der Waals surface area (Å²) < 4.78 is 0.